The molecule has 1 atom stereocenters. The molecule has 2 fully saturated rings. The molecule has 1 N–H and O–H groups in total. The second kappa shape index (κ2) is 6.41. The average molecular weight is 263 g/mol. The molecule has 0 radical (unpaired) electrons. The highest BCUT2D eigenvalue weighted by Crippen LogP contribution is 2.41. The summed E-state index contributed by atoms with van der Waals surface area (Å²) < 4.78 is 6.38. The van der Waals surface area contributed by atoms with Crippen molar-refractivity contribution in [1.82, 2.24) is 5.32 Å². The summed E-state index contributed by atoms with van der Waals surface area (Å²) in [4.78, 5) is 0. The average Bonchev–Trinajstić information content (AvgIpc) is 3.07. The molecule has 1 spiro atoms. The SMILES string of the molecule is C1=C(CCNCC2CCC3(CCCCC3)O2)CCC1. The molecule has 1 aliphatic heterocycles. The highest BCUT2D eigenvalue weighted by atomic mass is 16.5. The molecule has 1 saturated heterocycles. The standard InChI is InChI=1S/C17H29NO/c1-4-10-17(11-5-1)12-8-16(19-17)14-18-13-9-15-6-2-3-7-15/h6,16,18H,1-5,7-14H2. The van der Waals surface area contributed by atoms with Crippen molar-refractivity contribution in [3.8, 4) is 0 Å². The van der Waals surface area contributed by atoms with Gasteiger partial charge in [-0.05, 0) is 57.9 Å². The van der Waals surface area contributed by atoms with E-state index in [0.717, 1.165) is 13.1 Å². The molecule has 3 aliphatic rings. The molecule has 19 heavy (non-hydrogen) atoms. The number of nitrogens with one attached hydrogen (secondary N) is 1. The van der Waals surface area contributed by atoms with Crippen LogP contribution in [-0.2, 0) is 4.74 Å². The Morgan fingerprint density at radius 3 is 2.84 bits per heavy atom. The first-order chi connectivity index (χ1) is 9.36. The third-order valence-electron chi connectivity index (χ3n) is 5.23. The van der Waals surface area contributed by atoms with Gasteiger partial charge >= 0.3 is 0 Å². The molecule has 3 rings (SSSR count). The van der Waals surface area contributed by atoms with Crippen molar-refractivity contribution in [2.45, 2.75) is 82.3 Å². The summed E-state index contributed by atoms with van der Waals surface area (Å²) in [6.45, 7) is 2.20. The maximum Gasteiger partial charge on any atom is 0.0708 e. The summed E-state index contributed by atoms with van der Waals surface area (Å²) in [7, 11) is 0. The number of allylic oxidation sites excluding steroid dienone is 1. The largest absolute Gasteiger partial charge is 0.370 e. The van der Waals surface area contributed by atoms with Gasteiger partial charge in [0.1, 0.15) is 0 Å². The van der Waals surface area contributed by atoms with Crippen LogP contribution in [0.3, 0.4) is 0 Å². The minimum atomic E-state index is 0.290. The normalized spacial score (nSPS) is 29.9. The van der Waals surface area contributed by atoms with Gasteiger partial charge in [0.15, 0.2) is 0 Å². The van der Waals surface area contributed by atoms with Crippen LogP contribution in [0.2, 0.25) is 0 Å². The van der Waals surface area contributed by atoms with E-state index in [1.165, 1.54) is 70.6 Å². The first kappa shape index (κ1) is 13.6. The zero-order valence-corrected chi connectivity index (χ0v) is 12.3. The number of ether oxygens (including phenoxy) is 1. The molecule has 1 heterocycles. The van der Waals surface area contributed by atoms with E-state index in [9.17, 15) is 0 Å². The fourth-order valence-electron chi connectivity index (χ4n) is 4.08. The highest BCUT2D eigenvalue weighted by Gasteiger charge is 2.40. The fourth-order valence-corrected chi connectivity index (χ4v) is 4.08. The molecule has 0 aromatic carbocycles. The quantitative estimate of drug-likeness (QED) is 0.599. The molecule has 0 aromatic rings. The van der Waals surface area contributed by atoms with Crippen LogP contribution in [0.4, 0.5) is 0 Å². The Hall–Kier alpha value is -0.340. The lowest BCUT2D eigenvalue weighted by Gasteiger charge is -2.33. The minimum Gasteiger partial charge on any atom is -0.370 e. The highest BCUT2D eigenvalue weighted by molar-refractivity contribution is 5.07. The van der Waals surface area contributed by atoms with Crippen molar-refractivity contribution in [3.05, 3.63) is 11.6 Å². The summed E-state index contributed by atoms with van der Waals surface area (Å²) in [6, 6.07) is 0. The van der Waals surface area contributed by atoms with Crippen LogP contribution in [0.5, 0.6) is 0 Å². The lowest BCUT2D eigenvalue weighted by molar-refractivity contribution is -0.0622. The zero-order valence-electron chi connectivity index (χ0n) is 12.3. The van der Waals surface area contributed by atoms with Gasteiger partial charge < -0.3 is 10.1 Å². The van der Waals surface area contributed by atoms with E-state index in [1.54, 1.807) is 5.57 Å². The Balaban J connectivity index is 1.33. The summed E-state index contributed by atoms with van der Waals surface area (Å²) in [5, 5.41) is 3.61. The summed E-state index contributed by atoms with van der Waals surface area (Å²) in [6.07, 6.45) is 17.6. The summed E-state index contributed by atoms with van der Waals surface area (Å²) in [5.41, 5.74) is 1.96. The van der Waals surface area contributed by atoms with Gasteiger partial charge in [0.25, 0.3) is 0 Å². The van der Waals surface area contributed by atoms with Gasteiger partial charge in [0, 0.05) is 6.54 Å². The van der Waals surface area contributed by atoms with Gasteiger partial charge in [-0.15, -0.1) is 0 Å². The Morgan fingerprint density at radius 2 is 2.05 bits per heavy atom. The van der Waals surface area contributed by atoms with Crippen LogP contribution in [0.1, 0.15) is 70.6 Å². The minimum absolute atomic E-state index is 0.290. The van der Waals surface area contributed by atoms with Crippen LogP contribution in [-0.4, -0.2) is 24.8 Å². The fraction of sp³-hybridized carbons (Fsp3) is 0.882. The van der Waals surface area contributed by atoms with Crippen molar-refractivity contribution in [1.29, 1.82) is 0 Å². The Bertz CT molecular complexity index is 317. The number of hydrogen-bond donors (Lipinski definition) is 1. The molecular weight excluding hydrogens is 234 g/mol. The lowest BCUT2D eigenvalue weighted by atomic mass is 9.83. The third kappa shape index (κ3) is 3.61. The summed E-state index contributed by atoms with van der Waals surface area (Å²) >= 11 is 0. The molecule has 0 bridgehead atoms. The molecule has 0 amide bonds. The zero-order chi connectivity index (χ0) is 13.0. The lowest BCUT2D eigenvalue weighted by Crippen LogP contribution is -2.34. The first-order valence-electron chi connectivity index (χ1n) is 8.43. The van der Waals surface area contributed by atoms with Crippen molar-refractivity contribution in [2.75, 3.05) is 13.1 Å². The van der Waals surface area contributed by atoms with E-state index >= 15 is 0 Å². The molecule has 0 aromatic heterocycles. The first-order valence-corrected chi connectivity index (χ1v) is 8.43. The molecule has 1 saturated carbocycles. The van der Waals surface area contributed by atoms with E-state index in [-0.39, 0.29) is 0 Å². The molecule has 1 unspecified atom stereocenters. The second-order valence-electron chi connectivity index (χ2n) is 6.73. The van der Waals surface area contributed by atoms with Crippen LogP contribution in [0.15, 0.2) is 11.6 Å². The Morgan fingerprint density at radius 1 is 1.16 bits per heavy atom. The van der Waals surface area contributed by atoms with Gasteiger partial charge in [0.05, 0.1) is 11.7 Å². The molecule has 2 aliphatic carbocycles. The molecule has 2 heteroatoms. The second-order valence-corrected chi connectivity index (χ2v) is 6.73. The third-order valence-corrected chi connectivity index (χ3v) is 5.23. The molecular formula is C17H29NO. The van der Waals surface area contributed by atoms with Crippen LogP contribution in [0.25, 0.3) is 0 Å². The van der Waals surface area contributed by atoms with E-state index in [4.69, 9.17) is 4.74 Å². The van der Waals surface area contributed by atoms with Crippen molar-refractivity contribution < 1.29 is 4.74 Å². The Kier molecular flexibility index (Phi) is 4.60. The molecule has 108 valence electrons. The van der Waals surface area contributed by atoms with E-state index in [1.807, 2.05) is 0 Å². The molecule has 2 nitrogen and oxygen atoms in total. The van der Waals surface area contributed by atoms with Crippen LogP contribution < -0.4 is 5.32 Å². The smallest absolute Gasteiger partial charge is 0.0708 e. The Labute approximate surface area is 118 Å². The van der Waals surface area contributed by atoms with E-state index in [2.05, 4.69) is 11.4 Å². The topological polar surface area (TPSA) is 21.3 Å². The van der Waals surface area contributed by atoms with Gasteiger partial charge in [-0.2, -0.15) is 0 Å². The predicted molar refractivity (Wildman–Crippen MR) is 79.3 cm³/mol. The van der Waals surface area contributed by atoms with Crippen molar-refractivity contribution in [2.24, 2.45) is 0 Å². The van der Waals surface area contributed by atoms with Crippen molar-refractivity contribution >= 4 is 0 Å². The number of hydrogen-bond acceptors (Lipinski definition) is 2. The van der Waals surface area contributed by atoms with Gasteiger partial charge in [-0.1, -0.05) is 30.9 Å². The predicted octanol–water partition coefficient (Wildman–Crippen LogP) is 3.96. The van der Waals surface area contributed by atoms with Crippen LogP contribution >= 0.6 is 0 Å². The van der Waals surface area contributed by atoms with E-state index in [0.29, 0.717) is 11.7 Å². The van der Waals surface area contributed by atoms with Crippen molar-refractivity contribution in [3.63, 3.8) is 0 Å². The summed E-state index contributed by atoms with van der Waals surface area (Å²) in [5.74, 6) is 0. The van der Waals surface area contributed by atoms with E-state index < -0.39 is 0 Å². The van der Waals surface area contributed by atoms with Crippen LogP contribution in [0, 0.1) is 0 Å². The van der Waals surface area contributed by atoms with Gasteiger partial charge in [0.2, 0.25) is 0 Å². The maximum absolute atomic E-state index is 6.38. The number of rotatable bonds is 5. The maximum atomic E-state index is 6.38. The van der Waals surface area contributed by atoms with Gasteiger partial charge in [-0.3, -0.25) is 0 Å². The van der Waals surface area contributed by atoms with Gasteiger partial charge in [-0.25, -0.2) is 0 Å². The monoisotopic (exact) mass is 263 g/mol.